The largest absolute Gasteiger partial charge is 0.497 e. The summed E-state index contributed by atoms with van der Waals surface area (Å²) in [6.07, 6.45) is 0.277. The molecule has 0 aliphatic heterocycles. The van der Waals surface area contributed by atoms with E-state index in [9.17, 15) is 9.59 Å². The van der Waals surface area contributed by atoms with Crippen LogP contribution in [0.25, 0.3) is 0 Å². The van der Waals surface area contributed by atoms with E-state index in [1.165, 1.54) is 0 Å². The molecule has 0 aliphatic rings. The fraction of sp³-hybridized carbons (Fsp3) is 0.300. The van der Waals surface area contributed by atoms with Crippen molar-refractivity contribution in [3.05, 3.63) is 65.7 Å². The summed E-state index contributed by atoms with van der Waals surface area (Å²) in [4.78, 5) is 26.0. The van der Waals surface area contributed by atoms with E-state index >= 15 is 0 Å². The fourth-order valence-electron chi connectivity index (χ4n) is 2.46. The molecular formula is C20H24N2O3. The molecule has 132 valence electrons. The van der Waals surface area contributed by atoms with Crippen molar-refractivity contribution in [2.75, 3.05) is 20.2 Å². The molecule has 5 nitrogen and oxygen atoms in total. The predicted octanol–water partition coefficient (Wildman–Crippen LogP) is 2.40. The van der Waals surface area contributed by atoms with Crippen LogP contribution in [0.15, 0.2) is 54.6 Å². The van der Waals surface area contributed by atoms with Crippen LogP contribution in [-0.2, 0) is 22.6 Å². The molecule has 0 saturated carbocycles. The van der Waals surface area contributed by atoms with Gasteiger partial charge in [0.2, 0.25) is 11.8 Å². The summed E-state index contributed by atoms with van der Waals surface area (Å²) in [7, 11) is 1.62. The second-order valence-electron chi connectivity index (χ2n) is 5.70. The number of hydrogen-bond acceptors (Lipinski definition) is 3. The third-order valence-corrected chi connectivity index (χ3v) is 3.91. The van der Waals surface area contributed by atoms with Crippen molar-refractivity contribution in [1.82, 2.24) is 10.2 Å². The number of benzene rings is 2. The zero-order valence-electron chi connectivity index (χ0n) is 14.7. The molecule has 2 aromatic rings. The van der Waals surface area contributed by atoms with Crippen molar-refractivity contribution in [2.45, 2.75) is 19.9 Å². The summed E-state index contributed by atoms with van der Waals surface area (Å²) in [6, 6.07) is 17.1. The van der Waals surface area contributed by atoms with E-state index in [1.807, 2.05) is 61.5 Å². The molecule has 0 aliphatic carbocycles. The van der Waals surface area contributed by atoms with Gasteiger partial charge in [0.1, 0.15) is 5.75 Å². The first-order valence-electron chi connectivity index (χ1n) is 8.33. The molecule has 0 fully saturated rings. The summed E-state index contributed by atoms with van der Waals surface area (Å²) in [5, 5.41) is 2.70. The van der Waals surface area contributed by atoms with Crippen LogP contribution in [0.4, 0.5) is 0 Å². The highest BCUT2D eigenvalue weighted by molar-refractivity contribution is 5.85. The Labute approximate surface area is 148 Å². The Kier molecular flexibility index (Phi) is 7.01. The molecule has 0 radical (unpaired) electrons. The second kappa shape index (κ2) is 9.47. The first kappa shape index (κ1) is 18.5. The zero-order valence-corrected chi connectivity index (χ0v) is 14.7. The molecule has 0 heterocycles. The number of methoxy groups -OCH3 is 1. The predicted molar refractivity (Wildman–Crippen MR) is 97.2 cm³/mol. The van der Waals surface area contributed by atoms with Crippen molar-refractivity contribution >= 4 is 11.8 Å². The van der Waals surface area contributed by atoms with E-state index in [2.05, 4.69) is 5.32 Å². The topological polar surface area (TPSA) is 58.6 Å². The average molecular weight is 340 g/mol. The van der Waals surface area contributed by atoms with Crippen molar-refractivity contribution in [1.29, 1.82) is 0 Å². The third kappa shape index (κ3) is 5.95. The smallest absolute Gasteiger partial charge is 0.242 e. The number of rotatable bonds is 8. The minimum Gasteiger partial charge on any atom is -0.497 e. The highest BCUT2D eigenvalue weighted by atomic mass is 16.5. The van der Waals surface area contributed by atoms with Crippen molar-refractivity contribution in [3.63, 3.8) is 0 Å². The molecule has 0 atom stereocenters. The standard InChI is InChI=1S/C20H24N2O3/c1-3-22(15-17-9-11-18(25-2)12-10-17)20(24)14-21-19(23)13-16-7-5-4-6-8-16/h4-12H,3,13-15H2,1-2H3,(H,21,23). The van der Waals surface area contributed by atoms with Gasteiger partial charge < -0.3 is 15.0 Å². The van der Waals surface area contributed by atoms with Crippen LogP contribution in [0.2, 0.25) is 0 Å². The lowest BCUT2D eigenvalue weighted by molar-refractivity contribution is -0.133. The number of likely N-dealkylation sites (N-methyl/N-ethyl adjacent to an activating group) is 1. The Morgan fingerprint density at radius 2 is 1.68 bits per heavy atom. The van der Waals surface area contributed by atoms with Crippen LogP contribution in [0.3, 0.4) is 0 Å². The molecule has 2 aromatic carbocycles. The molecule has 0 saturated heterocycles. The number of nitrogens with one attached hydrogen (secondary N) is 1. The summed E-state index contributed by atoms with van der Waals surface area (Å²) >= 11 is 0. The first-order valence-corrected chi connectivity index (χ1v) is 8.33. The molecule has 0 spiro atoms. The molecule has 0 aromatic heterocycles. The van der Waals surface area contributed by atoms with Crippen LogP contribution >= 0.6 is 0 Å². The van der Waals surface area contributed by atoms with Gasteiger partial charge >= 0.3 is 0 Å². The molecule has 0 bridgehead atoms. The Bertz CT molecular complexity index is 684. The molecular weight excluding hydrogens is 316 g/mol. The third-order valence-electron chi connectivity index (χ3n) is 3.91. The maximum absolute atomic E-state index is 12.3. The second-order valence-corrected chi connectivity index (χ2v) is 5.70. The Morgan fingerprint density at radius 3 is 2.28 bits per heavy atom. The number of amides is 2. The lowest BCUT2D eigenvalue weighted by Gasteiger charge is -2.21. The van der Waals surface area contributed by atoms with Gasteiger partial charge in [0.15, 0.2) is 0 Å². The summed E-state index contributed by atoms with van der Waals surface area (Å²) < 4.78 is 5.13. The van der Waals surface area contributed by atoms with Crippen LogP contribution in [0.1, 0.15) is 18.1 Å². The van der Waals surface area contributed by atoms with Crippen LogP contribution in [0.5, 0.6) is 5.75 Å². The van der Waals surface area contributed by atoms with Gasteiger partial charge in [-0.15, -0.1) is 0 Å². The van der Waals surface area contributed by atoms with Gasteiger partial charge in [-0.25, -0.2) is 0 Å². The molecule has 2 amide bonds. The van der Waals surface area contributed by atoms with E-state index in [0.29, 0.717) is 13.1 Å². The van der Waals surface area contributed by atoms with Gasteiger partial charge in [-0.3, -0.25) is 9.59 Å². The van der Waals surface area contributed by atoms with E-state index in [4.69, 9.17) is 4.74 Å². The molecule has 5 heteroatoms. The quantitative estimate of drug-likeness (QED) is 0.803. The first-order chi connectivity index (χ1) is 12.1. The van der Waals surface area contributed by atoms with E-state index in [0.717, 1.165) is 16.9 Å². The van der Waals surface area contributed by atoms with E-state index in [1.54, 1.807) is 12.0 Å². The molecule has 2 rings (SSSR count). The van der Waals surface area contributed by atoms with Gasteiger partial charge in [-0.05, 0) is 30.2 Å². The van der Waals surface area contributed by atoms with Gasteiger partial charge in [-0.2, -0.15) is 0 Å². The normalized spacial score (nSPS) is 10.2. The molecule has 1 N–H and O–H groups in total. The molecule has 25 heavy (non-hydrogen) atoms. The molecule has 0 unspecified atom stereocenters. The van der Waals surface area contributed by atoms with Crippen molar-refractivity contribution < 1.29 is 14.3 Å². The summed E-state index contributed by atoms with van der Waals surface area (Å²) in [5.41, 5.74) is 1.95. The monoisotopic (exact) mass is 340 g/mol. The number of carbonyl (C=O) groups excluding carboxylic acids is 2. The van der Waals surface area contributed by atoms with Crippen LogP contribution in [0, 0.1) is 0 Å². The lowest BCUT2D eigenvalue weighted by Crippen LogP contribution is -2.40. The van der Waals surface area contributed by atoms with Crippen LogP contribution in [-0.4, -0.2) is 36.9 Å². The average Bonchev–Trinajstić information content (AvgIpc) is 2.65. The van der Waals surface area contributed by atoms with Crippen molar-refractivity contribution in [2.24, 2.45) is 0 Å². The highest BCUT2D eigenvalue weighted by Crippen LogP contribution is 2.13. The summed E-state index contributed by atoms with van der Waals surface area (Å²) in [6.45, 7) is 3.02. The number of carbonyl (C=O) groups is 2. The number of hydrogen-bond donors (Lipinski definition) is 1. The maximum atomic E-state index is 12.3. The van der Waals surface area contributed by atoms with Crippen molar-refractivity contribution in [3.8, 4) is 5.75 Å². The van der Waals surface area contributed by atoms with E-state index in [-0.39, 0.29) is 24.8 Å². The van der Waals surface area contributed by atoms with Gasteiger partial charge in [-0.1, -0.05) is 42.5 Å². The zero-order chi connectivity index (χ0) is 18.1. The fourth-order valence-corrected chi connectivity index (χ4v) is 2.46. The Balaban J connectivity index is 1.83. The summed E-state index contributed by atoms with van der Waals surface area (Å²) in [5.74, 6) is 0.533. The SMILES string of the molecule is CCN(Cc1ccc(OC)cc1)C(=O)CNC(=O)Cc1ccccc1. The minimum absolute atomic E-state index is 0.00958. The number of nitrogens with zero attached hydrogens (tertiary/aromatic N) is 1. The highest BCUT2D eigenvalue weighted by Gasteiger charge is 2.13. The van der Waals surface area contributed by atoms with E-state index < -0.39 is 0 Å². The van der Waals surface area contributed by atoms with Gasteiger partial charge in [0.05, 0.1) is 20.1 Å². The van der Waals surface area contributed by atoms with Crippen LogP contribution < -0.4 is 10.1 Å². The Hall–Kier alpha value is -2.82. The minimum atomic E-state index is -0.153. The maximum Gasteiger partial charge on any atom is 0.242 e. The number of ether oxygens (including phenoxy) is 1. The Morgan fingerprint density at radius 1 is 1.00 bits per heavy atom. The van der Waals surface area contributed by atoms with Gasteiger partial charge in [0.25, 0.3) is 0 Å². The van der Waals surface area contributed by atoms with Gasteiger partial charge in [0, 0.05) is 13.1 Å². The lowest BCUT2D eigenvalue weighted by atomic mass is 10.1.